The Balaban J connectivity index is 1.47. The second-order valence-electron chi connectivity index (χ2n) is 6.63. The SMILES string of the molecule is O=C1/C(=C\c2ccccc2OCCOc2ccccc2Cl)SC(=S)N1c1ccccc1F. The quantitative estimate of drug-likeness (QED) is 0.222. The van der Waals surface area contributed by atoms with Crippen LogP contribution >= 0.6 is 35.6 Å². The second-order valence-corrected chi connectivity index (χ2v) is 8.72. The van der Waals surface area contributed by atoms with E-state index in [-0.39, 0.29) is 22.5 Å². The first-order valence-corrected chi connectivity index (χ1v) is 11.3. The van der Waals surface area contributed by atoms with Gasteiger partial charge in [-0.3, -0.25) is 9.69 Å². The van der Waals surface area contributed by atoms with Crippen molar-refractivity contribution in [3.63, 3.8) is 0 Å². The highest BCUT2D eigenvalue weighted by atomic mass is 35.5. The summed E-state index contributed by atoms with van der Waals surface area (Å²) in [6.45, 7) is 0.583. The average Bonchev–Trinajstić information content (AvgIpc) is 3.06. The molecule has 0 radical (unpaired) electrons. The monoisotopic (exact) mass is 485 g/mol. The van der Waals surface area contributed by atoms with Crippen LogP contribution in [-0.2, 0) is 4.79 Å². The number of halogens is 2. The van der Waals surface area contributed by atoms with Crippen LogP contribution in [0.1, 0.15) is 5.56 Å². The van der Waals surface area contributed by atoms with Crippen molar-refractivity contribution in [2.24, 2.45) is 0 Å². The van der Waals surface area contributed by atoms with Gasteiger partial charge in [0.15, 0.2) is 4.32 Å². The topological polar surface area (TPSA) is 38.8 Å². The van der Waals surface area contributed by atoms with Gasteiger partial charge in [-0.1, -0.05) is 78.0 Å². The number of hydrogen-bond donors (Lipinski definition) is 0. The number of thiocarbonyl (C=S) groups is 1. The van der Waals surface area contributed by atoms with E-state index in [2.05, 4.69) is 0 Å². The van der Waals surface area contributed by atoms with Crippen molar-refractivity contribution >= 4 is 57.6 Å². The summed E-state index contributed by atoms with van der Waals surface area (Å²) in [5.41, 5.74) is 0.846. The van der Waals surface area contributed by atoms with Crippen molar-refractivity contribution in [2.45, 2.75) is 0 Å². The average molecular weight is 486 g/mol. The number of para-hydroxylation sites is 3. The Morgan fingerprint density at radius 1 is 0.938 bits per heavy atom. The number of ether oxygens (including phenoxy) is 2. The van der Waals surface area contributed by atoms with Gasteiger partial charge in [0.2, 0.25) is 0 Å². The number of rotatable bonds is 7. The zero-order valence-corrected chi connectivity index (χ0v) is 19.1. The maximum Gasteiger partial charge on any atom is 0.270 e. The van der Waals surface area contributed by atoms with Gasteiger partial charge in [-0.15, -0.1) is 0 Å². The lowest BCUT2D eigenvalue weighted by Gasteiger charge is -2.15. The molecule has 1 amide bonds. The Bertz CT molecular complexity index is 1200. The predicted molar refractivity (Wildman–Crippen MR) is 131 cm³/mol. The molecule has 0 saturated carbocycles. The van der Waals surface area contributed by atoms with Crippen LogP contribution in [0.3, 0.4) is 0 Å². The molecule has 0 unspecified atom stereocenters. The maximum atomic E-state index is 14.2. The van der Waals surface area contributed by atoms with Gasteiger partial charge in [-0.25, -0.2) is 4.39 Å². The molecule has 1 fully saturated rings. The van der Waals surface area contributed by atoms with E-state index < -0.39 is 5.82 Å². The third kappa shape index (κ3) is 4.96. The second kappa shape index (κ2) is 10.2. The van der Waals surface area contributed by atoms with Crippen molar-refractivity contribution in [1.29, 1.82) is 0 Å². The molecule has 0 spiro atoms. The van der Waals surface area contributed by atoms with E-state index >= 15 is 0 Å². The minimum Gasteiger partial charge on any atom is -0.489 e. The smallest absolute Gasteiger partial charge is 0.270 e. The van der Waals surface area contributed by atoms with E-state index in [1.165, 1.54) is 17.0 Å². The zero-order chi connectivity index (χ0) is 22.5. The molecular weight excluding hydrogens is 469 g/mol. The van der Waals surface area contributed by atoms with Gasteiger partial charge in [0.1, 0.15) is 30.5 Å². The summed E-state index contributed by atoms with van der Waals surface area (Å²) in [5, 5.41) is 0.532. The summed E-state index contributed by atoms with van der Waals surface area (Å²) in [4.78, 5) is 14.5. The third-order valence-electron chi connectivity index (χ3n) is 4.53. The first-order chi connectivity index (χ1) is 15.5. The summed E-state index contributed by atoms with van der Waals surface area (Å²) >= 11 is 12.5. The number of hydrogen-bond acceptors (Lipinski definition) is 5. The van der Waals surface area contributed by atoms with Crippen LogP contribution in [0.15, 0.2) is 77.7 Å². The summed E-state index contributed by atoms with van der Waals surface area (Å²) in [5.74, 6) is 0.295. The number of thioether (sulfide) groups is 1. The van der Waals surface area contributed by atoms with Gasteiger partial charge in [0, 0.05) is 5.56 Å². The normalized spacial score (nSPS) is 14.8. The minimum atomic E-state index is -0.507. The highest BCUT2D eigenvalue weighted by molar-refractivity contribution is 8.27. The van der Waals surface area contributed by atoms with Crippen LogP contribution < -0.4 is 14.4 Å². The minimum absolute atomic E-state index is 0.139. The van der Waals surface area contributed by atoms with E-state index in [9.17, 15) is 9.18 Å². The molecule has 1 aliphatic heterocycles. The molecule has 4 nitrogen and oxygen atoms in total. The van der Waals surface area contributed by atoms with E-state index in [4.69, 9.17) is 33.3 Å². The molecule has 1 aliphatic rings. The number of carbonyl (C=O) groups excluding carboxylic acids is 1. The van der Waals surface area contributed by atoms with Crippen LogP contribution in [0.2, 0.25) is 5.02 Å². The molecule has 8 heteroatoms. The lowest BCUT2D eigenvalue weighted by atomic mass is 10.2. The molecule has 0 bridgehead atoms. The molecule has 4 rings (SSSR count). The maximum absolute atomic E-state index is 14.2. The van der Waals surface area contributed by atoms with E-state index in [1.54, 1.807) is 36.4 Å². The van der Waals surface area contributed by atoms with Gasteiger partial charge in [0.05, 0.1) is 15.6 Å². The molecule has 1 saturated heterocycles. The van der Waals surface area contributed by atoms with Gasteiger partial charge >= 0.3 is 0 Å². The van der Waals surface area contributed by atoms with Crippen LogP contribution in [0, 0.1) is 5.82 Å². The summed E-state index contributed by atoms with van der Waals surface area (Å²) in [7, 11) is 0. The predicted octanol–water partition coefficient (Wildman–Crippen LogP) is 6.34. The van der Waals surface area contributed by atoms with Crippen molar-refractivity contribution in [2.75, 3.05) is 18.1 Å². The van der Waals surface area contributed by atoms with Crippen LogP contribution in [0.4, 0.5) is 10.1 Å². The molecule has 3 aromatic carbocycles. The van der Waals surface area contributed by atoms with Crippen LogP contribution in [0.25, 0.3) is 6.08 Å². The molecule has 32 heavy (non-hydrogen) atoms. The molecule has 162 valence electrons. The molecule has 1 heterocycles. The third-order valence-corrected chi connectivity index (χ3v) is 6.14. The zero-order valence-electron chi connectivity index (χ0n) is 16.7. The fourth-order valence-electron chi connectivity index (χ4n) is 3.05. The van der Waals surface area contributed by atoms with E-state index in [0.29, 0.717) is 33.6 Å². The highest BCUT2D eigenvalue weighted by Gasteiger charge is 2.34. The Hall–Kier alpha value is -2.87. The first-order valence-electron chi connectivity index (χ1n) is 9.66. The molecular formula is C24H17ClFNO3S2. The molecule has 0 aromatic heterocycles. The van der Waals surface area contributed by atoms with Crippen molar-refractivity contribution < 1.29 is 18.7 Å². The molecule has 0 atom stereocenters. The summed E-state index contributed by atoms with van der Waals surface area (Å²) in [6, 6.07) is 20.6. The standard InChI is InChI=1S/C24H17ClFNO3S2/c25-17-8-2-6-12-21(17)30-14-13-29-20-11-5-1-7-16(20)15-22-23(28)27(24(31)32-22)19-10-4-3-9-18(19)26/h1-12,15H,13-14H2/b22-15+. The van der Waals surface area contributed by atoms with Crippen LogP contribution in [0.5, 0.6) is 11.5 Å². The number of carbonyl (C=O) groups is 1. The fourth-order valence-corrected chi connectivity index (χ4v) is 4.51. The number of amides is 1. The molecule has 0 aliphatic carbocycles. The molecule has 0 N–H and O–H groups in total. The lowest BCUT2D eigenvalue weighted by Crippen LogP contribution is -2.28. The fraction of sp³-hybridized carbons (Fsp3) is 0.0833. The van der Waals surface area contributed by atoms with E-state index in [1.807, 2.05) is 30.3 Å². The first kappa shape index (κ1) is 22.3. The Morgan fingerprint density at radius 3 is 2.31 bits per heavy atom. The lowest BCUT2D eigenvalue weighted by molar-refractivity contribution is -0.113. The van der Waals surface area contributed by atoms with Gasteiger partial charge < -0.3 is 9.47 Å². The van der Waals surface area contributed by atoms with Gasteiger partial charge in [-0.05, 0) is 36.4 Å². The van der Waals surface area contributed by atoms with Crippen molar-refractivity contribution in [3.8, 4) is 11.5 Å². The van der Waals surface area contributed by atoms with Gasteiger partial charge in [0.25, 0.3) is 5.91 Å². The number of nitrogens with zero attached hydrogens (tertiary/aromatic N) is 1. The molecule has 3 aromatic rings. The highest BCUT2D eigenvalue weighted by Crippen LogP contribution is 2.38. The number of benzene rings is 3. The largest absolute Gasteiger partial charge is 0.489 e. The Morgan fingerprint density at radius 2 is 1.56 bits per heavy atom. The Kier molecular flexibility index (Phi) is 7.09. The summed E-state index contributed by atoms with van der Waals surface area (Å²) in [6.07, 6.45) is 1.70. The number of anilines is 1. The van der Waals surface area contributed by atoms with E-state index in [0.717, 1.165) is 11.8 Å². The van der Waals surface area contributed by atoms with Crippen molar-refractivity contribution in [1.82, 2.24) is 0 Å². The van der Waals surface area contributed by atoms with Gasteiger partial charge in [-0.2, -0.15) is 0 Å². The Labute approximate surface area is 199 Å². The summed E-state index contributed by atoms with van der Waals surface area (Å²) < 4.78 is 26.0. The van der Waals surface area contributed by atoms with Crippen LogP contribution in [-0.4, -0.2) is 23.4 Å². The van der Waals surface area contributed by atoms with Crippen molar-refractivity contribution in [3.05, 3.63) is 94.1 Å².